The maximum atomic E-state index is 10.4. The van der Waals surface area contributed by atoms with Crippen LogP contribution in [0, 0.1) is 0 Å². The third kappa shape index (κ3) is 50.3. The SMILES string of the molecule is CCCCCCCCCCCCCCCCS(=O)(=O)[O-].CCCCCCCCCCCCCCCCS(=O)(=O)[O-].[Fe+2]. The first-order chi connectivity index (χ1) is 19.1. The fourth-order valence-electron chi connectivity index (χ4n) is 4.95. The van der Waals surface area contributed by atoms with E-state index in [0.29, 0.717) is 12.8 Å². The Hall–Kier alpha value is 0.339. The molecule has 0 aromatic carbocycles. The molecule has 0 atom stereocenters. The molecule has 0 unspecified atom stereocenters. The third-order valence-corrected chi connectivity index (χ3v) is 9.07. The molecule has 0 aliphatic rings. The summed E-state index contributed by atoms with van der Waals surface area (Å²) in [5.74, 6) is -0.379. The van der Waals surface area contributed by atoms with Gasteiger partial charge in [-0.1, -0.05) is 181 Å². The van der Waals surface area contributed by atoms with E-state index in [4.69, 9.17) is 0 Å². The summed E-state index contributed by atoms with van der Waals surface area (Å²) in [6.07, 6.45) is 34.3. The normalized spacial score (nSPS) is 11.6. The summed E-state index contributed by atoms with van der Waals surface area (Å²) < 4.78 is 62.4. The average molecular weight is 667 g/mol. The van der Waals surface area contributed by atoms with Crippen molar-refractivity contribution in [1.82, 2.24) is 0 Å². The van der Waals surface area contributed by atoms with E-state index in [0.717, 1.165) is 25.7 Å². The van der Waals surface area contributed by atoms with Gasteiger partial charge in [0.05, 0.1) is 20.2 Å². The zero-order valence-corrected chi connectivity index (χ0v) is 29.6. The van der Waals surface area contributed by atoms with Crippen molar-refractivity contribution in [2.75, 3.05) is 11.5 Å². The number of unbranched alkanes of at least 4 members (excludes halogenated alkanes) is 26. The zero-order chi connectivity index (χ0) is 30.2. The monoisotopic (exact) mass is 666 g/mol. The second-order valence-corrected chi connectivity index (χ2v) is 14.8. The van der Waals surface area contributed by atoms with Crippen molar-refractivity contribution >= 4 is 20.2 Å². The minimum atomic E-state index is -3.99. The molecule has 0 radical (unpaired) electrons. The van der Waals surface area contributed by atoms with Crippen LogP contribution in [0.15, 0.2) is 0 Å². The first-order valence-electron chi connectivity index (χ1n) is 17.0. The Labute approximate surface area is 267 Å². The second-order valence-electron chi connectivity index (χ2n) is 11.7. The first-order valence-corrected chi connectivity index (χ1v) is 20.1. The second kappa shape index (κ2) is 34.8. The van der Waals surface area contributed by atoms with Crippen LogP contribution in [0.4, 0.5) is 0 Å². The molecule has 0 aromatic rings. The van der Waals surface area contributed by atoms with E-state index in [1.807, 2.05) is 0 Å². The molecule has 0 aliphatic heterocycles. The average Bonchev–Trinajstić information content (AvgIpc) is 2.88. The van der Waals surface area contributed by atoms with Crippen LogP contribution in [0.5, 0.6) is 0 Å². The Morgan fingerprint density at radius 2 is 0.463 bits per heavy atom. The Morgan fingerprint density at radius 3 is 0.610 bits per heavy atom. The zero-order valence-electron chi connectivity index (χ0n) is 26.8. The Kier molecular flexibility index (Phi) is 38.9. The van der Waals surface area contributed by atoms with Crippen molar-refractivity contribution in [2.45, 2.75) is 194 Å². The summed E-state index contributed by atoms with van der Waals surface area (Å²) in [4.78, 5) is 0. The van der Waals surface area contributed by atoms with Crippen LogP contribution in [-0.2, 0) is 37.3 Å². The molecule has 0 saturated heterocycles. The van der Waals surface area contributed by atoms with E-state index >= 15 is 0 Å². The van der Waals surface area contributed by atoms with Crippen molar-refractivity contribution in [1.29, 1.82) is 0 Å². The van der Waals surface area contributed by atoms with E-state index in [9.17, 15) is 25.9 Å². The molecular weight excluding hydrogens is 600 g/mol. The van der Waals surface area contributed by atoms with Gasteiger partial charge in [0, 0.05) is 11.5 Å². The number of rotatable bonds is 30. The molecule has 0 fully saturated rings. The van der Waals surface area contributed by atoms with Crippen LogP contribution in [0.1, 0.15) is 194 Å². The van der Waals surface area contributed by atoms with E-state index < -0.39 is 20.2 Å². The van der Waals surface area contributed by atoms with Crippen molar-refractivity contribution in [3.63, 3.8) is 0 Å². The molecule has 0 heterocycles. The molecule has 0 N–H and O–H groups in total. The standard InChI is InChI=1S/2C16H34O3S.Fe/c2*1-2-3-4-5-6-7-8-9-10-11-12-13-14-15-16-20(17,18)19;/h2*2-16H2,1H3,(H,17,18,19);/q;;+2/p-2. The molecule has 6 nitrogen and oxygen atoms in total. The molecule has 250 valence electrons. The molecule has 0 rings (SSSR count). The Balaban J connectivity index is -0.000000688. The molecule has 0 saturated carbocycles. The van der Waals surface area contributed by atoms with Gasteiger partial charge in [0.15, 0.2) is 0 Å². The van der Waals surface area contributed by atoms with E-state index in [-0.39, 0.29) is 28.6 Å². The molecule has 0 aromatic heterocycles. The van der Waals surface area contributed by atoms with Crippen LogP contribution in [0.3, 0.4) is 0 Å². The molecule has 0 aliphatic carbocycles. The van der Waals surface area contributed by atoms with Gasteiger partial charge in [-0.05, 0) is 12.8 Å². The predicted molar refractivity (Wildman–Crippen MR) is 170 cm³/mol. The van der Waals surface area contributed by atoms with Crippen LogP contribution in [0.25, 0.3) is 0 Å². The Morgan fingerprint density at radius 1 is 0.317 bits per heavy atom. The van der Waals surface area contributed by atoms with Crippen molar-refractivity contribution in [3.8, 4) is 0 Å². The van der Waals surface area contributed by atoms with E-state index in [1.165, 1.54) is 141 Å². The fourth-order valence-corrected chi connectivity index (χ4v) is 6.06. The van der Waals surface area contributed by atoms with Gasteiger partial charge in [0.25, 0.3) is 0 Å². The molecule has 0 amide bonds. The first kappa shape index (κ1) is 45.8. The van der Waals surface area contributed by atoms with Gasteiger partial charge < -0.3 is 9.11 Å². The minimum Gasteiger partial charge on any atom is -0.748 e. The third-order valence-electron chi connectivity index (χ3n) is 7.50. The summed E-state index contributed by atoms with van der Waals surface area (Å²) in [6, 6.07) is 0. The fraction of sp³-hybridized carbons (Fsp3) is 1.00. The van der Waals surface area contributed by atoms with Crippen LogP contribution in [-0.4, -0.2) is 37.4 Å². The smallest absolute Gasteiger partial charge is 0.748 e. The minimum absolute atomic E-state index is 0. The maximum absolute atomic E-state index is 10.4. The Bertz CT molecular complexity index is 639. The van der Waals surface area contributed by atoms with Crippen molar-refractivity contribution in [2.24, 2.45) is 0 Å². The van der Waals surface area contributed by atoms with Crippen LogP contribution < -0.4 is 0 Å². The molecule has 0 bridgehead atoms. The van der Waals surface area contributed by atoms with Crippen molar-refractivity contribution < 1.29 is 43.0 Å². The van der Waals surface area contributed by atoms with Crippen molar-refractivity contribution in [3.05, 3.63) is 0 Å². The molecule has 41 heavy (non-hydrogen) atoms. The number of hydrogen-bond donors (Lipinski definition) is 0. The van der Waals surface area contributed by atoms with Gasteiger partial charge in [-0.3, -0.25) is 0 Å². The van der Waals surface area contributed by atoms with E-state index in [1.54, 1.807) is 0 Å². The van der Waals surface area contributed by atoms with Gasteiger partial charge in [0.2, 0.25) is 0 Å². The quantitative estimate of drug-likeness (QED) is 0.0428. The van der Waals surface area contributed by atoms with E-state index in [2.05, 4.69) is 13.8 Å². The van der Waals surface area contributed by atoms with Crippen LogP contribution >= 0.6 is 0 Å². The summed E-state index contributed by atoms with van der Waals surface area (Å²) in [6.45, 7) is 4.50. The van der Waals surface area contributed by atoms with Gasteiger partial charge in [-0.25, -0.2) is 16.8 Å². The van der Waals surface area contributed by atoms with Gasteiger partial charge in [0.1, 0.15) is 0 Å². The topological polar surface area (TPSA) is 114 Å². The van der Waals surface area contributed by atoms with Gasteiger partial charge in [-0.15, -0.1) is 0 Å². The summed E-state index contributed by atoms with van der Waals surface area (Å²) in [5.41, 5.74) is 0. The summed E-state index contributed by atoms with van der Waals surface area (Å²) >= 11 is 0. The van der Waals surface area contributed by atoms with Gasteiger partial charge in [-0.2, -0.15) is 0 Å². The maximum Gasteiger partial charge on any atom is 2.00 e. The van der Waals surface area contributed by atoms with Gasteiger partial charge >= 0.3 is 17.1 Å². The van der Waals surface area contributed by atoms with Crippen LogP contribution in [0.2, 0.25) is 0 Å². The predicted octanol–water partition coefficient (Wildman–Crippen LogP) is 10.0. The molecule has 0 spiro atoms. The summed E-state index contributed by atoms with van der Waals surface area (Å²) in [7, 11) is -7.98. The number of hydrogen-bond acceptors (Lipinski definition) is 6. The summed E-state index contributed by atoms with van der Waals surface area (Å²) in [5, 5.41) is 0. The molecule has 9 heteroatoms. The largest absolute Gasteiger partial charge is 2.00 e. The molecular formula is C32H66FeO6S2.